The maximum Gasteiger partial charge on any atom is 0.233 e. The van der Waals surface area contributed by atoms with Crippen molar-refractivity contribution < 1.29 is 9.53 Å². The van der Waals surface area contributed by atoms with Gasteiger partial charge in [-0.1, -0.05) is 6.07 Å². The van der Waals surface area contributed by atoms with E-state index < -0.39 is 0 Å². The SMILES string of the molecule is O=C(CSc1ccncc1)N1CCC[C@H](OCc2ccccn2)C1. The summed E-state index contributed by atoms with van der Waals surface area (Å²) in [6, 6.07) is 9.65. The van der Waals surface area contributed by atoms with Gasteiger partial charge >= 0.3 is 0 Å². The minimum atomic E-state index is 0.0932. The molecule has 2 aromatic rings. The van der Waals surface area contributed by atoms with E-state index in [0.717, 1.165) is 30.0 Å². The van der Waals surface area contributed by atoms with Crippen LogP contribution in [-0.2, 0) is 16.1 Å². The topological polar surface area (TPSA) is 55.3 Å². The van der Waals surface area contributed by atoms with E-state index in [9.17, 15) is 4.79 Å². The molecule has 1 amide bonds. The van der Waals surface area contributed by atoms with Crippen molar-refractivity contribution in [1.82, 2.24) is 14.9 Å². The molecule has 0 unspecified atom stereocenters. The summed E-state index contributed by atoms with van der Waals surface area (Å²) in [6.45, 7) is 1.99. The van der Waals surface area contributed by atoms with Gasteiger partial charge in [-0.25, -0.2) is 0 Å². The summed E-state index contributed by atoms with van der Waals surface area (Å²) in [5.41, 5.74) is 0.925. The molecule has 2 aromatic heterocycles. The highest BCUT2D eigenvalue weighted by molar-refractivity contribution is 8.00. The van der Waals surface area contributed by atoms with Crippen molar-refractivity contribution >= 4 is 17.7 Å². The van der Waals surface area contributed by atoms with Crippen molar-refractivity contribution in [2.24, 2.45) is 0 Å². The third-order valence-electron chi connectivity index (χ3n) is 3.94. The summed E-state index contributed by atoms with van der Waals surface area (Å²) in [4.78, 5) is 23.7. The molecule has 3 rings (SSSR count). The quantitative estimate of drug-likeness (QED) is 0.755. The fourth-order valence-corrected chi connectivity index (χ4v) is 3.45. The van der Waals surface area contributed by atoms with Crippen LogP contribution in [0.1, 0.15) is 18.5 Å². The van der Waals surface area contributed by atoms with Crippen molar-refractivity contribution in [3.63, 3.8) is 0 Å². The smallest absolute Gasteiger partial charge is 0.233 e. The highest BCUT2D eigenvalue weighted by Crippen LogP contribution is 2.19. The third-order valence-corrected chi connectivity index (χ3v) is 4.93. The zero-order valence-corrected chi connectivity index (χ0v) is 14.3. The summed E-state index contributed by atoms with van der Waals surface area (Å²) in [7, 11) is 0. The molecule has 5 nitrogen and oxygen atoms in total. The van der Waals surface area contributed by atoms with E-state index in [1.807, 2.05) is 35.2 Å². The van der Waals surface area contributed by atoms with Crippen LogP contribution in [-0.4, -0.2) is 45.7 Å². The predicted molar refractivity (Wildman–Crippen MR) is 93.6 cm³/mol. The first kappa shape index (κ1) is 16.9. The number of thioether (sulfide) groups is 1. The summed E-state index contributed by atoms with van der Waals surface area (Å²) in [5.74, 6) is 0.625. The van der Waals surface area contributed by atoms with Crippen LogP contribution in [0.5, 0.6) is 0 Å². The number of hydrogen-bond donors (Lipinski definition) is 0. The molecule has 1 saturated heterocycles. The Morgan fingerprint density at radius 2 is 2.12 bits per heavy atom. The summed E-state index contributed by atoms with van der Waals surface area (Å²) in [6.07, 6.45) is 7.33. The predicted octanol–water partition coefficient (Wildman–Crippen LogP) is 2.78. The van der Waals surface area contributed by atoms with E-state index in [4.69, 9.17) is 4.74 Å². The van der Waals surface area contributed by atoms with Gasteiger partial charge in [0.25, 0.3) is 0 Å². The van der Waals surface area contributed by atoms with Crippen LogP contribution >= 0.6 is 11.8 Å². The molecule has 0 spiro atoms. The number of ether oxygens (including phenoxy) is 1. The molecule has 1 fully saturated rings. The van der Waals surface area contributed by atoms with E-state index >= 15 is 0 Å². The molecule has 6 heteroatoms. The lowest BCUT2D eigenvalue weighted by molar-refractivity contribution is -0.132. The summed E-state index contributed by atoms with van der Waals surface area (Å²) >= 11 is 1.55. The van der Waals surface area contributed by atoms with Crippen LogP contribution in [0.25, 0.3) is 0 Å². The number of carbonyl (C=O) groups is 1. The van der Waals surface area contributed by atoms with E-state index in [2.05, 4.69) is 9.97 Å². The van der Waals surface area contributed by atoms with Gasteiger partial charge in [-0.2, -0.15) is 0 Å². The molecule has 126 valence electrons. The molecular formula is C18H21N3O2S. The van der Waals surface area contributed by atoms with Crippen LogP contribution in [0.15, 0.2) is 53.8 Å². The Morgan fingerprint density at radius 3 is 2.92 bits per heavy atom. The Hall–Kier alpha value is -1.92. The Bertz CT molecular complexity index is 639. The molecule has 0 N–H and O–H groups in total. The molecule has 0 aromatic carbocycles. The first-order valence-electron chi connectivity index (χ1n) is 8.13. The van der Waals surface area contributed by atoms with Gasteiger partial charge < -0.3 is 9.64 Å². The molecule has 0 saturated carbocycles. The second-order valence-corrected chi connectivity index (χ2v) is 6.76. The second kappa shape index (κ2) is 8.80. The van der Waals surface area contributed by atoms with Gasteiger partial charge in [0.05, 0.1) is 24.2 Å². The average Bonchev–Trinajstić information content (AvgIpc) is 2.66. The van der Waals surface area contributed by atoms with Gasteiger partial charge in [0.2, 0.25) is 5.91 Å². The van der Waals surface area contributed by atoms with E-state index in [0.29, 0.717) is 18.9 Å². The number of likely N-dealkylation sites (tertiary alicyclic amines) is 1. The number of pyridine rings is 2. The molecule has 0 bridgehead atoms. The first-order chi connectivity index (χ1) is 11.8. The molecular weight excluding hydrogens is 322 g/mol. The monoisotopic (exact) mass is 343 g/mol. The largest absolute Gasteiger partial charge is 0.370 e. The number of aromatic nitrogens is 2. The van der Waals surface area contributed by atoms with Crippen LogP contribution in [0.4, 0.5) is 0 Å². The van der Waals surface area contributed by atoms with Crippen molar-refractivity contribution in [2.45, 2.75) is 30.4 Å². The van der Waals surface area contributed by atoms with Crippen LogP contribution in [0, 0.1) is 0 Å². The molecule has 1 atom stereocenters. The van der Waals surface area contributed by atoms with Crippen LogP contribution in [0.3, 0.4) is 0 Å². The normalized spacial score (nSPS) is 17.7. The van der Waals surface area contributed by atoms with Gasteiger partial charge in [-0.15, -0.1) is 11.8 Å². The zero-order chi connectivity index (χ0) is 16.6. The highest BCUT2D eigenvalue weighted by Gasteiger charge is 2.24. The van der Waals surface area contributed by atoms with Crippen molar-refractivity contribution in [3.8, 4) is 0 Å². The van der Waals surface area contributed by atoms with E-state index in [1.165, 1.54) is 0 Å². The van der Waals surface area contributed by atoms with E-state index in [1.54, 1.807) is 30.4 Å². The van der Waals surface area contributed by atoms with Gasteiger partial charge in [0.1, 0.15) is 0 Å². The number of carbonyl (C=O) groups excluding carboxylic acids is 1. The fourth-order valence-electron chi connectivity index (χ4n) is 2.66. The minimum absolute atomic E-state index is 0.0932. The summed E-state index contributed by atoms with van der Waals surface area (Å²) < 4.78 is 5.94. The Morgan fingerprint density at radius 1 is 1.25 bits per heavy atom. The maximum atomic E-state index is 12.4. The molecule has 3 heterocycles. The van der Waals surface area contributed by atoms with Crippen molar-refractivity contribution in [1.29, 1.82) is 0 Å². The van der Waals surface area contributed by atoms with Gasteiger partial charge in [0, 0.05) is 36.6 Å². The van der Waals surface area contributed by atoms with E-state index in [-0.39, 0.29) is 12.0 Å². The molecule has 1 aliphatic heterocycles. The number of hydrogen-bond acceptors (Lipinski definition) is 5. The lowest BCUT2D eigenvalue weighted by Crippen LogP contribution is -2.44. The number of amides is 1. The van der Waals surface area contributed by atoms with Crippen molar-refractivity contribution in [2.75, 3.05) is 18.8 Å². The average molecular weight is 343 g/mol. The molecule has 0 radical (unpaired) electrons. The third kappa shape index (κ3) is 5.04. The van der Waals surface area contributed by atoms with Gasteiger partial charge in [-0.3, -0.25) is 14.8 Å². The Kier molecular flexibility index (Phi) is 6.20. The Labute approximate surface area is 146 Å². The lowest BCUT2D eigenvalue weighted by Gasteiger charge is -2.32. The first-order valence-corrected chi connectivity index (χ1v) is 9.12. The molecule has 1 aliphatic rings. The number of piperidine rings is 1. The second-order valence-electron chi connectivity index (χ2n) is 5.71. The zero-order valence-electron chi connectivity index (χ0n) is 13.5. The summed E-state index contributed by atoms with van der Waals surface area (Å²) in [5, 5.41) is 0. The van der Waals surface area contributed by atoms with Crippen molar-refractivity contribution in [3.05, 3.63) is 54.6 Å². The van der Waals surface area contributed by atoms with Gasteiger partial charge in [-0.05, 0) is 37.1 Å². The highest BCUT2D eigenvalue weighted by atomic mass is 32.2. The number of rotatable bonds is 6. The minimum Gasteiger partial charge on any atom is -0.370 e. The Balaban J connectivity index is 1.45. The maximum absolute atomic E-state index is 12.4. The molecule has 24 heavy (non-hydrogen) atoms. The van der Waals surface area contributed by atoms with Gasteiger partial charge in [0.15, 0.2) is 0 Å². The number of nitrogens with zero attached hydrogens (tertiary/aromatic N) is 3. The van der Waals surface area contributed by atoms with Crippen LogP contribution in [0.2, 0.25) is 0 Å². The lowest BCUT2D eigenvalue weighted by atomic mass is 10.1. The van der Waals surface area contributed by atoms with Crippen LogP contribution < -0.4 is 0 Å². The molecule has 0 aliphatic carbocycles. The standard InChI is InChI=1S/C18H21N3O2S/c22-18(14-24-17-6-9-19-10-7-17)21-11-3-5-16(12-21)23-13-15-4-1-2-8-20-15/h1-2,4,6-10,16H,3,5,11-14H2/t16-/m0/s1. The fraction of sp³-hybridized carbons (Fsp3) is 0.389.